The Morgan fingerprint density at radius 3 is 2.82 bits per heavy atom. The molecule has 0 bridgehead atoms. The van der Waals surface area contributed by atoms with E-state index in [1.807, 2.05) is 6.92 Å². The molecule has 0 fully saturated rings. The van der Waals surface area contributed by atoms with Crippen LogP contribution in [0.5, 0.6) is 0 Å². The average Bonchev–Trinajstić information content (AvgIpc) is 2.68. The summed E-state index contributed by atoms with van der Waals surface area (Å²) in [5, 5.41) is 9.13. The maximum atomic E-state index is 11.2. The Morgan fingerprint density at radius 1 is 1.59 bits per heavy atom. The molecule has 1 rings (SSSR count). The fourth-order valence-corrected chi connectivity index (χ4v) is 2.00. The van der Waals surface area contributed by atoms with Gasteiger partial charge < -0.3 is 14.4 Å². The number of thioether (sulfide) groups is 1. The number of carbonyl (C=O) groups is 2. The summed E-state index contributed by atoms with van der Waals surface area (Å²) in [4.78, 5) is 25.8. The van der Waals surface area contributed by atoms with Crippen LogP contribution in [0.15, 0.2) is 11.4 Å². The Balaban J connectivity index is 2.85. The Labute approximate surface area is 103 Å². The summed E-state index contributed by atoms with van der Waals surface area (Å²) in [6, 6.07) is 0. The molecular weight excluding hydrogens is 244 g/mol. The summed E-state index contributed by atoms with van der Waals surface area (Å²) >= 11 is 1.09. The Kier molecular flexibility index (Phi) is 5.02. The molecule has 0 aromatic carbocycles. The number of aliphatic carboxylic acids is 1. The van der Waals surface area contributed by atoms with Crippen molar-refractivity contribution in [2.45, 2.75) is 25.0 Å². The highest BCUT2D eigenvalue weighted by Gasteiger charge is 2.14. The van der Waals surface area contributed by atoms with Crippen LogP contribution in [0.2, 0.25) is 0 Å². The van der Waals surface area contributed by atoms with E-state index in [9.17, 15) is 9.59 Å². The molecular formula is C10H14N2O4S. The van der Waals surface area contributed by atoms with Crippen molar-refractivity contribution >= 4 is 23.7 Å². The second-order valence-corrected chi connectivity index (χ2v) is 4.17. The molecule has 94 valence electrons. The number of aryl methyl sites for hydroxylation is 1. The zero-order valence-electron chi connectivity index (χ0n) is 9.67. The molecule has 0 aliphatic rings. The number of ether oxygens (including phenoxy) is 1. The number of esters is 1. The van der Waals surface area contributed by atoms with Crippen LogP contribution in [0.3, 0.4) is 0 Å². The summed E-state index contributed by atoms with van der Waals surface area (Å²) in [5.74, 6) is -1.38. The van der Waals surface area contributed by atoms with Gasteiger partial charge in [-0.05, 0) is 6.42 Å². The predicted molar refractivity (Wildman–Crippen MR) is 62.0 cm³/mol. The second-order valence-electron chi connectivity index (χ2n) is 3.23. The molecule has 17 heavy (non-hydrogen) atoms. The highest BCUT2D eigenvalue weighted by Crippen LogP contribution is 2.18. The summed E-state index contributed by atoms with van der Waals surface area (Å²) in [6.07, 6.45) is 2.37. The van der Waals surface area contributed by atoms with Crippen molar-refractivity contribution in [1.29, 1.82) is 0 Å². The summed E-state index contributed by atoms with van der Waals surface area (Å²) < 4.78 is 6.27. The van der Waals surface area contributed by atoms with Gasteiger partial charge in [-0.1, -0.05) is 18.7 Å². The third kappa shape index (κ3) is 3.77. The molecule has 0 amide bonds. The summed E-state index contributed by atoms with van der Waals surface area (Å²) in [7, 11) is 1.31. The highest BCUT2D eigenvalue weighted by atomic mass is 32.2. The number of nitrogens with zero attached hydrogens (tertiary/aromatic N) is 2. The number of carboxylic acids is 1. The van der Waals surface area contributed by atoms with Crippen LogP contribution in [0.25, 0.3) is 0 Å². The zero-order chi connectivity index (χ0) is 12.8. The minimum Gasteiger partial charge on any atom is -0.481 e. The van der Waals surface area contributed by atoms with Crippen molar-refractivity contribution in [3.63, 3.8) is 0 Å². The van der Waals surface area contributed by atoms with Crippen LogP contribution in [-0.4, -0.2) is 39.5 Å². The maximum Gasteiger partial charge on any atom is 0.325 e. The number of hydrogen-bond donors (Lipinski definition) is 1. The summed E-state index contributed by atoms with van der Waals surface area (Å²) in [5.41, 5.74) is 0.878. The van der Waals surface area contributed by atoms with Crippen molar-refractivity contribution in [3.05, 3.63) is 11.9 Å². The predicted octanol–water partition coefficient (Wildman–Crippen LogP) is 0.795. The molecule has 0 aliphatic carbocycles. The van der Waals surface area contributed by atoms with Gasteiger partial charge in [-0.25, -0.2) is 4.98 Å². The molecule has 6 nitrogen and oxygen atoms in total. The first kappa shape index (κ1) is 13.6. The van der Waals surface area contributed by atoms with Gasteiger partial charge >= 0.3 is 11.9 Å². The number of aromatic nitrogens is 2. The van der Waals surface area contributed by atoms with E-state index < -0.39 is 5.97 Å². The van der Waals surface area contributed by atoms with Crippen LogP contribution in [0.4, 0.5) is 0 Å². The molecule has 1 aromatic rings. The van der Waals surface area contributed by atoms with E-state index in [4.69, 9.17) is 5.11 Å². The fraction of sp³-hybridized carbons (Fsp3) is 0.500. The first-order valence-electron chi connectivity index (χ1n) is 5.04. The van der Waals surface area contributed by atoms with Crippen LogP contribution < -0.4 is 0 Å². The van der Waals surface area contributed by atoms with E-state index in [1.54, 1.807) is 10.8 Å². The number of methoxy groups -OCH3 is 1. The zero-order valence-corrected chi connectivity index (χ0v) is 10.5. The lowest BCUT2D eigenvalue weighted by Gasteiger charge is -2.08. The van der Waals surface area contributed by atoms with Crippen LogP contribution in [0.1, 0.15) is 12.6 Å². The van der Waals surface area contributed by atoms with Gasteiger partial charge in [-0.15, -0.1) is 0 Å². The number of carboxylic acid groups (broad SMARTS) is 1. The molecule has 0 saturated carbocycles. The van der Waals surface area contributed by atoms with Gasteiger partial charge in [0.25, 0.3) is 0 Å². The quantitative estimate of drug-likeness (QED) is 0.600. The van der Waals surface area contributed by atoms with E-state index in [1.165, 1.54) is 7.11 Å². The monoisotopic (exact) mass is 258 g/mol. The minimum atomic E-state index is -0.916. The Hall–Kier alpha value is -1.50. The van der Waals surface area contributed by atoms with Gasteiger partial charge in [-0.3, -0.25) is 9.59 Å². The average molecular weight is 258 g/mol. The van der Waals surface area contributed by atoms with Crippen LogP contribution in [0, 0.1) is 0 Å². The molecule has 0 aliphatic heterocycles. The van der Waals surface area contributed by atoms with Crippen molar-refractivity contribution in [3.8, 4) is 0 Å². The molecule has 1 aromatic heterocycles. The Morgan fingerprint density at radius 2 is 2.29 bits per heavy atom. The first-order chi connectivity index (χ1) is 8.08. The van der Waals surface area contributed by atoms with Gasteiger partial charge in [0.2, 0.25) is 0 Å². The van der Waals surface area contributed by atoms with Gasteiger partial charge in [0.05, 0.1) is 12.9 Å². The van der Waals surface area contributed by atoms with E-state index in [-0.39, 0.29) is 18.3 Å². The maximum absolute atomic E-state index is 11.2. The SMILES string of the molecule is CCc1cnc(SCC(=O)O)n1CC(=O)OC. The minimum absolute atomic E-state index is 0.0572. The van der Waals surface area contributed by atoms with Gasteiger partial charge in [0.15, 0.2) is 5.16 Å². The van der Waals surface area contributed by atoms with Crippen LogP contribution >= 0.6 is 11.8 Å². The molecule has 0 radical (unpaired) electrons. The molecule has 0 saturated heterocycles. The first-order valence-corrected chi connectivity index (χ1v) is 6.02. The van der Waals surface area contributed by atoms with Gasteiger partial charge in [-0.2, -0.15) is 0 Å². The molecule has 1 N–H and O–H groups in total. The van der Waals surface area contributed by atoms with Crippen LogP contribution in [-0.2, 0) is 27.3 Å². The van der Waals surface area contributed by atoms with Gasteiger partial charge in [0.1, 0.15) is 6.54 Å². The van der Waals surface area contributed by atoms with E-state index in [2.05, 4.69) is 9.72 Å². The molecule has 0 unspecified atom stereocenters. The third-order valence-electron chi connectivity index (χ3n) is 2.10. The number of carbonyl (C=O) groups excluding carboxylic acids is 1. The fourth-order valence-electron chi connectivity index (χ4n) is 1.28. The highest BCUT2D eigenvalue weighted by molar-refractivity contribution is 7.99. The topological polar surface area (TPSA) is 81.4 Å². The molecule has 0 spiro atoms. The van der Waals surface area contributed by atoms with Crippen molar-refractivity contribution in [2.75, 3.05) is 12.9 Å². The lowest BCUT2D eigenvalue weighted by atomic mass is 10.3. The molecule has 0 atom stereocenters. The number of imidazole rings is 1. The lowest BCUT2D eigenvalue weighted by molar-refractivity contribution is -0.141. The van der Waals surface area contributed by atoms with Crippen molar-refractivity contribution in [1.82, 2.24) is 9.55 Å². The standard InChI is InChI=1S/C10H14N2O4S/c1-3-7-4-11-10(17-6-8(13)14)12(7)5-9(15)16-2/h4H,3,5-6H2,1-2H3,(H,13,14). The Bertz CT molecular complexity index is 416. The van der Waals surface area contributed by atoms with E-state index in [0.717, 1.165) is 23.9 Å². The number of hydrogen-bond acceptors (Lipinski definition) is 5. The number of rotatable bonds is 6. The second kappa shape index (κ2) is 6.29. The molecule has 1 heterocycles. The third-order valence-corrected chi connectivity index (χ3v) is 3.08. The van der Waals surface area contributed by atoms with Crippen molar-refractivity contribution < 1.29 is 19.4 Å². The summed E-state index contributed by atoms with van der Waals surface area (Å²) in [6.45, 7) is 2.00. The van der Waals surface area contributed by atoms with Gasteiger partial charge in [0, 0.05) is 11.9 Å². The van der Waals surface area contributed by atoms with Crippen molar-refractivity contribution in [2.24, 2.45) is 0 Å². The van der Waals surface area contributed by atoms with E-state index in [0.29, 0.717) is 5.16 Å². The normalized spacial score (nSPS) is 10.2. The lowest BCUT2D eigenvalue weighted by Crippen LogP contribution is -2.15. The smallest absolute Gasteiger partial charge is 0.325 e. The largest absolute Gasteiger partial charge is 0.481 e. The molecule has 7 heteroatoms. The van der Waals surface area contributed by atoms with E-state index >= 15 is 0 Å².